The summed E-state index contributed by atoms with van der Waals surface area (Å²) < 4.78 is 30.2. The van der Waals surface area contributed by atoms with Gasteiger partial charge in [0.05, 0.1) is 23.1 Å². The van der Waals surface area contributed by atoms with Crippen LogP contribution in [0.4, 0.5) is 20.4 Å². The molecule has 2 N–H and O–H groups in total. The number of hydrogen-bond acceptors (Lipinski definition) is 3. The molecule has 0 aliphatic rings. The lowest BCUT2D eigenvalue weighted by atomic mass is 10.0. The topological polar surface area (TPSA) is 67.2 Å². The minimum atomic E-state index is -3.00. The van der Waals surface area contributed by atoms with E-state index < -0.39 is 11.9 Å². The summed E-state index contributed by atoms with van der Waals surface area (Å²) in [4.78, 5) is 16.0. The van der Waals surface area contributed by atoms with E-state index in [-0.39, 0.29) is 17.7 Å². The summed E-state index contributed by atoms with van der Waals surface area (Å²) in [5.41, 5.74) is 4.27. The van der Waals surface area contributed by atoms with E-state index in [1.165, 1.54) is 18.2 Å². The van der Waals surface area contributed by atoms with Gasteiger partial charge >= 0.3 is 5.97 Å². The summed E-state index contributed by atoms with van der Waals surface area (Å²) in [6.45, 7) is 6.86. The lowest BCUT2D eigenvalue weighted by Crippen LogP contribution is -2.14. The number of alkyl halides is 2. The molecule has 0 unspecified atom stereocenters. The van der Waals surface area contributed by atoms with Crippen molar-refractivity contribution >= 4 is 34.2 Å². The summed E-state index contributed by atoms with van der Waals surface area (Å²) in [7, 11) is 0. The first-order chi connectivity index (χ1) is 15.6. The molecule has 1 heterocycles. The van der Waals surface area contributed by atoms with E-state index in [2.05, 4.69) is 16.9 Å². The predicted octanol–water partition coefficient (Wildman–Crippen LogP) is 6.67. The van der Waals surface area contributed by atoms with E-state index in [9.17, 15) is 18.7 Å². The number of aromatic nitrogens is 2. The van der Waals surface area contributed by atoms with Crippen molar-refractivity contribution in [3.05, 3.63) is 95.6 Å². The first-order valence-electron chi connectivity index (χ1n) is 10.4. The third-order valence-corrected chi connectivity index (χ3v) is 5.45. The number of benzene rings is 3. The SMILES string of the molecule is C=C(C)c1ccc(Nc2nc3cc(C(=O)O)ccc3n2Cc2ccccc2C(C)(F)F)cc1. The molecule has 4 aromatic rings. The van der Waals surface area contributed by atoms with Crippen molar-refractivity contribution < 1.29 is 18.7 Å². The van der Waals surface area contributed by atoms with E-state index >= 15 is 0 Å². The van der Waals surface area contributed by atoms with Crippen molar-refractivity contribution in [3.63, 3.8) is 0 Å². The number of carboxylic acid groups (broad SMARTS) is 1. The number of carboxylic acids is 1. The minimum Gasteiger partial charge on any atom is -0.478 e. The molecule has 0 radical (unpaired) electrons. The summed E-state index contributed by atoms with van der Waals surface area (Å²) in [5, 5.41) is 12.6. The number of allylic oxidation sites excluding steroid dienone is 1. The van der Waals surface area contributed by atoms with E-state index in [1.54, 1.807) is 28.8 Å². The molecule has 1 aromatic heterocycles. The monoisotopic (exact) mass is 447 g/mol. The molecule has 33 heavy (non-hydrogen) atoms. The number of anilines is 2. The maximum absolute atomic E-state index is 14.2. The van der Waals surface area contributed by atoms with Gasteiger partial charge in [0.25, 0.3) is 5.92 Å². The normalized spacial score (nSPS) is 11.5. The van der Waals surface area contributed by atoms with Gasteiger partial charge in [-0.3, -0.25) is 0 Å². The Labute approximate surface area is 190 Å². The second kappa shape index (κ2) is 8.50. The molecule has 0 amide bonds. The number of hydrogen-bond donors (Lipinski definition) is 2. The number of nitrogens with one attached hydrogen (secondary N) is 1. The van der Waals surface area contributed by atoms with Gasteiger partial charge in [0.2, 0.25) is 5.95 Å². The molecule has 0 saturated carbocycles. The van der Waals surface area contributed by atoms with Gasteiger partial charge in [-0.1, -0.05) is 48.6 Å². The smallest absolute Gasteiger partial charge is 0.335 e. The zero-order chi connectivity index (χ0) is 23.8. The number of rotatable bonds is 7. The molecule has 4 rings (SSSR count). The fourth-order valence-corrected chi connectivity index (χ4v) is 3.74. The first-order valence-corrected chi connectivity index (χ1v) is 10.4. The van der Waals surface area contributed by atoms with Gasteiger partial charge in [0, 0.05) is 18.2 Å². The Morgan fingerprint density at radius 2 is 1.76 bits per heavy atom. The van der Waals surface area contributed by atoms with Crippen molar-refractivity contribution in [2.45, 2.75) is 26.3 Å². The maximum atomic E-state index is 14.2. The third-order valence-electron chi connectivity index (χ3n) is 5.45. The Morgan fingerprint density at radius 1 is 1.09 bits per heavy atom. The molecule has 3 aromatic carbocycles. The van der Waals surface area contributed by atoms with Gasteiger partial charge in [-0.25, -0.2) is 18.6 Å². The van der Waals surface area contributed by atoms with Gasteiger partial charge in [-0.2, -0.15) is 0 Å². The maximum Gasteiger partial charge on any atom is 0.335 e. The number of imidazole rings is 1. The van der Waals surface area contributed by atoms with Crippen molar-refractivity contribution in [3.8, 4) is 0 Å². The van der Waals surface area contributed by atoms with Crippen LogP contribution in [0.25, 0.3) is 16.6 Å². The van der Waals surface area contributed by atoms with Crippen molar-refractivity contribution in [2.75, 3.05) is 5.32 Å². The summed E-state index contributed by atoms with van der Waals surface area (Å²) in [6.07, 6.45) is 0. The molecule has 0 fully saturated rings. The highest BCUT2D eigenvalue weighted by atomic mass is 19.3. The Morgan fingerprint density at radius 3 is 2.39 bits per heavy atom. The lowest BCUT2D eigenvalue weighted by molar-refractivity contribution is 0.0164. The highest BCUT2D eigenvalue weighted by molar-refractivity contribution is 5.93. The Balaban J connectivity index is 1.81. The molecular formula is C26H23F2N3O2. The molecular weight excluding hydrogens is 424 g/mol. The molecule has 0 atom stereocenters. The van der Waals surface area contributed by atoms with Crippen LogP contribution in [-0.2, 0) is 12.5 Å². The van der Waals surface area contributed by atoms with Gasteiger partial charge in [-0.05, 0) is 48.4 Å². The first kappa shape index (κ1) is 22.2. The standard InChI is InChI=1S/C26H23F2N3O2/c1-16(2)17-8-11-20(12-9-17)29-25-30-22-14-18(24(32)33)10-13-23(22)31(25)15-19-6-4-5-7-21(19)26(3,27)28/h4-14H,1,15H2,2-3H3,(H,29,30)(H,32,33). The van der Waals surface area contributed by atoms with Crippen LogP contribution in [0.5, 0.6) is 0 Å². The zero-order valence-electron chi connectivity index (χ0n) is 18.3. The van der Waals surface area contributed by atoms with Crippen LogP contribution in [0.3, 0.4) is 0 Å². The Hall–Kier alpha value is -4.00. The number of fused-ring (bicyclic) bond motifs is 1. The molecule has 0 aliphatic carbocycles. The molecule has 0 saturated heterocycles. The van der Waals surface area contributed by atoms with Crippen LogP contribution in [0.1, 0.15) is 40.9 Å². The second-order valence-electron chi connectivity index (χ2n) is 8.06. The Kier molecular flexibility index (Phi) is 5.72. The molecule has 0 spiro atoms. The van der Waals surface area contributed by atoms with Gasteiger partial charge < -0.3 is 15.0 Å². The Bertz CT molecular complexity index is 1350. The summed E-state index contributed by atoms with van der Waals surface area (Å²) in [5.74, 6) is -3.65. The van der Waals surface area contributed by atoms with E-state index in [0.717, 1.165) is 23.7 Å². The molecule has 7 heteroatoms. The minimum absolute atomic E-state index is 0.0641. The van der Waals surface area contributed by atoms with E-state index in [4.69, 9.17) is 0 Å². The fraction of sp³-hybridized carbons (Fsp3) is 0.154. The molecule has 0 bridgehead atoms. The van der Waals surface area contributed by atoms with Crippen molar-refractivity contribution in [1.82, 2.24) is 9.55 Å². The number of carbonyl (C=O) groups is 1. The quantitative estimate of drug-likeness (QED) is 0.332. The van der Waals surface area contributed by atoms with Gasteiger partial charge in [0.15, 0.2) is 0 Å². The fourth-order valence-electron chi connectivity index (χ4n) is 3.74. The lowest BCUT2D eigenvalue weighted by Gasteiger charge is -2.18. The molecule has 0 aliphatic heterocycles. The second-order valence-corrected chi connectivity index (χ2v) is 8.06. The van der Waals surface area contributed by atoms with Gasteiger partial charge in [0.1, 0.15) is 0 Å². The average Bonchev–Trinajstić information content (AvgIpc) is 3.10. The van der Waals surface area contributed by atoms with E-state index in [0.29, 0.717) is 22.5 Å². The number of nitrogens with zero attached hydrogens (tertiary/aromatic N) is 2. The highest BCUT2D eigenvalue weighted by Gasteiger charge is 2.27. The van der Waals surface area contributed by atoms with E-state index in [1.807, 2.05) is 31.2 Å². The van der Waals surface area contributed by atoms with Crippen LogP contribution >= 0.6 is 0 Å². The van der Waals surface area contributed by atoms with Crippen LogP contribution in [0.15, 0.2) is 73.3 Å². The van der Waals surface area contributed by atoms with Crippen LogP contribution in [0, 0.1) is 0 Å². The number of aromatic carboxylic acids is 1. The predicted molar refractivity (Wildman–Crippen MR) is 126 cm³/mol. The summed E-state index contributed by atoms with van der Waals surface area (Å²) >= 11 is 0. The van der Waals surface area contributed by atoms with Crippen LogP contribution < -0.4 is 5.32 Å². The van der Waals surface area contributed by atoms with Crippen molar-refractivity contribution in [2.24, 2.45) is 0 Å². The average molecular weight is 447 g/mol. The highest BCUT2D eigenvalue weighted by Crippen LogP contribution is 2.32. The number of halogens is 2. The van der Waals surface area contributed by atoms with Crippen LogP contribution in [-0.4, -0.2) is 20.6 Å². The van der Waals surface area contributed by atoms with Crippen molar-refractivity contribution in [1.29, 1.82) is 0 Å². The van der Waals surface area contributed by atoms with Gasteiger partial charge in [-0.15, -0.1) is 0 Å². The molecule has 5 nitrogen and oxygen atoms in total. The van der Waals surface area contributed by atoms with Crippen LogP contribution in [0.2, 0.25) is 0 Å². The third kappa shape index (κ3) is 4.62. The molecule has 168 valence electrons. The zero-order valence-corrected chi connectivity index (χ0v) is 18.3. The largest absolute Gasteiger partial charge is 0.478 e. The summed E-state index contributed by atoms with van der Waals surface area (Å²) in [6, 6.07) is 18.6.